The van der Waals surface area contributed by atoms with Gasteiger partial charge in [0.05, 0.1) is 5.51 Å². The monoisotopic (exact) mass is 488 g/mol. The van der Waals surface area contributed by atoms with Gasteiger partial charge in [0.2, 0.25) is 5.91 Å². The van der Waals surface area contributed by atoms with Crippen LogP contribution in [0.15, 0.2) is 65.8 Å². The first-order valence-electron chi connectivity index (χ1n) is 12.1. The molecule has 35 heavy (non-hydrogen) atoms. The molecule has 0 bridgehead atoms. The van der Waals surface area contributed by atoms with E-state index in [1.54, 1.807) is 17.4 Å². The summed E-state index contributed by atoms with van der Waals surface area (Å²) in [6, 6.07) is 15.4. The SMILES string of the molecule is CCN(CC)C(=O)c1ccc(C(=C2CCN(Cc3cncs3)CC2)c2cccc(C(N)=O)c2)cc1. The Kier molecular flexibility index (Phi) is 8.10. The zero-order valence-electron chi connectivity index (χ0n) is 20.4. The Morgan fingerprint density at radius 1 is 0.971 bits per heavy atom. The fourth-order valence-electron chi connectivity index (χ4n) is 4.65. The zero-order chi connectivity index (χ0) is 24.8. The number of benzene rings is 2. The van der Waals surface area contributed by atoms with Crippen molar-refractivity contribution in [2.24, 2.45) is 5.73 Å². The molecule has 2 amide bonds. The minimum atomic E-state index is -0.434. The van der Waals surface area contributed by atoms with Crippen molar-refractivity contribution in [3.8, 4) is 0 Å². The standard InChI is InChI=1S/C28H32N4O2S/c1-3-32(4-2)28(34)22-10-8-20(9-11-22)26(23-6-5-7-24(16-23)27(29)33)21-12-14-31(15-13-21)18-25-17-30-19-35-25/h5-11,16-17,19H,3-4,12-15,18H2,1-2H3,(H2,29,33). The van der Waals surface area contributed by atoms with Crippen LogP contribution in [0.2, 0.25) is 0 Å². The van der Waals surface area contributed by atoms with Crippen molar-refractivity contribution in [2.45, 2.75) is 33.2 Å². The lowest BCUT2D eigenvalue weighted by Crippen LogP contribution is -2.30. The number of aromatic nitrogens is 1. The summed E-state index contributed by atoms with van der Waals surface area (Å²) in [7, 11) is 0. The van der Waals surface area contributed by atoms with Gasteiger partial charge < -0.3 is 10.6 Å². The molecular formula is C28H32N4O2S. The van der Waals surface area contributed by atoms with Gasteiger partial charge in [0.15, 0.2) is 0 Å². The highest BCUT2D eigenvalue weighted by molar-refractivity contribution is 7.09. The molecule has 1 saturated heterocycles. The third-order valence-corrected chi connectivity index (χ3v) is 7.35. The van der Waals surface area contributed by atoms with E-state index in [1.807, 2.05) is 72.9 Å². The van der Waals surface area contributed by atoms with Crippen molar-refractivity contribution in [3.05, 3.63) is 92.9 Å². The minimum absolute atomic E-state index is 0.0443. The number of amides is 2. The van der Waals surface area contributed by atoms with E-state index in [2.05, 4.69) is 9.88 Å². The van der Waals surface area contributed by atoms with Crippen LogP contribution < -0.4 is 5.73 Å². The number of nitrogens with two attached hydrogens (primary N) is 1. The molecule has 2 heterocycles. The number of hydrogen-bond acceptors (Lipinski definition) is 5. The van der Waals surface area contributed by atoms with Crippen molar-refractivity contribution in [1.82, 2.24) is 14.8 Å². The van der Waals surface area contributed by atoms with E-state index in [1.165, 1.54) is 10.5 Å². The van der Waals surface area contributed by atoms with Gasteiger partial charge in [-0.05, 0) is 67.7 Å². The number of primary amides is 1. The minimum Gasteiger partial charge on any atom is -0.366 e. The smallest absolute Gasteiger partial charge is 0.253 e. The summed E-state index contributed by atoms with van der Waals surface area (Å²) in [5.41, 5.74) is 13.2. The maximum absolute atomic E-state index is 12.8. The average Bonchev–Trinajstić information content (AvgIpc) is 3.39. The predicted molar refractivity (Wildman–Crippen MR) is 141 cm³/mol. The van der Waals surface area contributed by atoms with Crippen LogP contribution in [0.5, 0.6) is 0 Å². The van der Waals surface area contributed by atoms with Gasteiger partial charge in [-0.15, -0.1) is 11.3 Å². The van der Waals surface area contributed by atoms with Crippen LogP contribution in [-0.2, 0) is 6.54 Å². The number of thiazole rings is 1. The molecule has 1 aliphatic rings. The average molecular weight is 489 g/mol. The number of piperidine rings is 1. The maximum Gasteiger partial charge on any atom is 0.253 e. The Bertz CT molecular complexity index is 1190. The van der Waals surface area contributed by atoms with Gasteiger partial charge >= 0.3 is 0 Å². The van der Waals surface area contributed by atoms with Crippen molar-refractivity contribution in [2.75, 3.05) is 26.2 Å². The second-order valence-electron chi connectivity index (χ2n) is 8.72. The van der Waals surface area contributed by atoms with Crippen molar-refractivity contribution in [1.29, 1.82) is 0 Å². The number of carbonyl (C=O) groups excluding carboxylic acids is 2. The topological polar surface area (TPSA) is 79.5 Å². The van der Waals surface area contributed by atoms with Crippen LogP contribution in [0.4, 0.5) is 0 Å². The molecule has 4 rings (SSSR count). The Balaban J connectivity index is 1.66. The predicted octanol–water partition coefficient (Wildman–Crippen LogP) is 4.82. The van der Waals surface area contributed by atoms with Gasteiger partial charge in [0.1, 0.15) is 0 Å². The maximum atomic E-state index is 12.8. The van der Waals surface area contributed by atoms with E-state index >= 15 is 0 Å². The largest absolute Gasteiger partial charge is 0.366 e. The molecule has 2 aromatic carbocycles. The normalized spacial score (nSPS) is 14.1. The molecule has 0 spiro atoms. The van der Waals surface area contributed by atoms with E-state index in [9.17, 15) is 9.59 Å². The number of hydrogen-bond donors (Lipinski definition) is 1. The van der Waals surface area contributed by atoms with Crippen molar-refractivity contribution >= 4 is 28.7 Å². The lowest BCUT2D eigenvalue weighted by molar-refractivity contribution is 0.0772. The summed E-state index contributed by atoms with van der Waals surface area (Å²) >= 11 is 1.69. The highest BCUT2D eigenvalue weighted by atomic mass is 32.1. The molecule has 0 aliphatic carbocycles. The molecule has 1 fully saturated rings. The Morgan fingerprint density at radius 2 is 1.63 bits per heavy atom. The highest BCUT2D eigenvalue weighted by Crippen LogP contribution is 2.33. The number of carbonyl (C=O) groups is 2. The second-order valence-corrected chi connectivity index (χ2v) is 9.69. The first-order chi connectivity index (χ1) is 17.0. The number of rotatable bonds is 8. The third kappa shape index (κ3) is 5.86. The van der Waals surface area contributed by atoms with Crippen LogP contribution in [0.3, 0.4) is 0 Å². The van der Waals surface area contributed by atoms with E-state index in [-0.39, 0.29) is 5.91 Å². The molecule has 2 N–H and O–H groups in total. The number of likely N-dealkylation sites (tertiary alicyclic amines) is 1. The molecule has 7 heteroatoms. The Hall–Kier alpha value is -3.29. The van der Waals surface area contributed by atoms with E-state index < -0.39 is 5.91 Å². The molecule has 3 aromatic rings. The van der Waals surface area contributed by atoms with Crippen LogP contribution in [0.25, 0.3) is 5.57 Å². The Morgan fingerprint density at radius 3 is 2.23 bits per heavy atom. The summed E-state index contributed by atoms with van der Waals surface area (Å²) in [4.78, 5) is 34.4. The lowest BCUT2D eigenvalue weighted by Gasteiger charge is -2.30. The molecule has 1 aliphatic heterocycles. The van der Waals surface area contributed by atoms with Crippen LogP contribution in [0, 0.1) is 0 Å². The first-order valence-corrected chi connectivity index (χ1v) is 13.0. The van der Waals surface area contributed by atoms with Crippen molar-refractivity contribution < 1.29 is 9.59 Å². The van der Waals surface area contributed by atoms with Gasteiger partial charge in [-0.3, -0.25) is 19.5 Å². The molecule has 0 unspecified atom stereocenters. The molecule has 182 valence electrons. The first kappa shape index (κ1) is 24.8. The fraction of sp³-hybridized carbons (Fsp3) is 0.321. The summed E-state index contributed by atoms with van der Waals surface area (Å²) in [5.74, 6) is -0.390. The summed E-state index contributed by atoms with van der Waals surface area (Å²) in [6.07, 6.45) is 3.82. The van der Waals surface area contributed by atoms with Gasteiger partial charge in [-0.2, -0.15) is 0 Å². The van der Waals surface area contributed by atoms with Crippen LogP contribution >= 0.6 is 11.3 Å². The third-order valence-electron chi connectivity index (χ3n) is 6.58. The van der Waals surface area contributed by atoms with Crippen molar-refractivity contribution in [3.63, 3.8) is 0 Å². The van der Waals surface area contributed by atoms with Gasteiger partial charge in [0.25, 0.3) is 5.91 Å². The van der Waals surface area contributed by atoms with E-state index in [4.69, 9.17) is 5.73 Å². The number of nitrogens with zero attached hydrogens (tertiary/aromatic N) is 3. The van der Waals surface area contributed by atoms with E-state index in [0.29, 0.717) is 24.2 Å². The summed E-state index contributed by atoms with van der Waals surface area (Å²) in [6.45, 7) is 8.20. The molecule has 0 saturated carbocycles. The van der Waals surface area contributed by atoms with Crippen LogP contribution in [0.1, 0.15) is 63.4 Å². The van der Waals surface area contributed by atoms with Gasteiger partial charge in [-0.1, -0.05) is 29.8 Å². The molecule has 0 radical (unpaired) electrons. The molecule has 6 nitrogen and oxygen atoms in total. The van der Waals surface area contributed by atoms with Crippen LogP contribution in [-0.4, -0.2) is 52.8 Å². The van der Waals surface area contributed by atoms with Gasteiger partial charge in [0, 0.05) is 54.9 Å². The highest BCUT2D eigenvalue weighted by Gasteiger charge is 2.21. The quantitative estimate of drug-likeness (QED) is 0.493. The lowest BCUT2D eigenvalue weighted by atomic mass is 9.87. The van der Waals surface area contributed by atoms with E-state index in [0.717, 1.165) is 49.2 Å². The van der Waals surface area contributed by atoms with Gasteiger partial charge in [-0.25, -0.2) is 0 Å². The second kappa shape index (κ2) is 11.4. The zero-order valence-corrected chi connectivity index (χ0v) is 21.2. The summed E-state index contributed by atoms with van der Waals surface area (Å²) in [5, 5.41) is 0. The molecular weight excluding hydrogens is 456 g/mol. The molecule has 1 aromatic heterocycles. The molecule has 0 atom stereocenters. The Labute approximate surface area is 211 Å². The summed E-state index contributed by atoms with van der Waals surface area (Å²) < 4.78 is 0. The fourth-order valence-corrected chi connectivity index (χ4v) is 5.28.